The summed E-state index contributed by atoms with van der Waals surface area (Å²) >= 11 is 0. The maximum absolute atomic E-state index is 13.8. The van der Waals surface area contributed by atoms with Crippen molar-refractivity contribution < 1.29 is 28.6 Å². The summed E-state index contributed by atoms with van der Waals surface area (Å²) in [5.41, 5.74) is 1.26. The van der Waals surface area contributed by atoms with E-state index in [2.05, 4.69) is 5.32 Å². The zero-order valence-electron chi connectivity index (χ0n) is 15.0. The van der Waals surface area contributed by atoms with Crippen molar-refractivity contribution in [3.8, 4) is 11.5 Å². The van der Waals surface area contributed by atoms with Gasteiger partial charge in [0.1, 0.15) is 23.9 Å². The van der Waals surface area contributed by atoms with Gasteiger partial charge in [0.25, 0.3) is 0 Å². The number of aliphatic carboxylic acids is 1. The first-order valence-corrected chi connectivity index (χ1v) is 8.51. The molecule has 0 saturated heterocycles. The van der Waals surface area contributed by atoms with Crippen LogP contribution in [0.4, 0.5) is 4.39 Å². The average Bonchev–Trinajstić information content (AvgIpc) is 2.66. The molecule has 2 aromatic carbocycles. The standard InChI is InChI=1S/C20H22FNO5/c1-26-16-7-6-14(10-11-22-19(23)8-9-20(24)25)18(12-16)27-13-15-4-2-3-5-17(15)21/h2-7,12H,8-11,13H2,1H3,(H,22,23)(H,24,25). The van der Waals surface area contributed by atoms with Crippen molar-refractivity contribution in [1.29, 1.82) is 0 Å². The zero-order valence-corrected chi connectivity index (χ0v) is 15.0. The topological polar surface area (TPSA) is 84.9 Å². The van der Waals surface area contributed by atoms with Crippen LogP contribution in [-0.2, 0) is 22.6 Å². The number of rotatable bonds is 10. The number of hydrogen-bond acceptors (Lipinski definition) is 4. The maximum Gasteiger partial charge on any atom is 0.303 e. The summed E-state index contributed by atoms with van der Waals surface area (Å²) in [4.78, 5) is 22.1. The Morgan fingerprint density at radius 3 is 2.59 bits per heavy atom. The lowest BCUT2D eigenvalue weighted by Crippen LogP contribution is -2.26. The number of amides is 1. The van der Waals surface area contributed by atoms with Gasteiger partial charge in [-0.3, -0.25) is 9.59 Å². The molecule has 0 fully saturated rings. The summed E-state index contributed by atoms with van der Waals surface area (Å²) < 4.78 is 24.7. The normalized spacial score (nSPS) is 10.3. The summed E-state index contributed by atoms with van der Waals surface area (Å²) in [6.45, 7) is 0.401. The summed E-state index contributed by atoms with van der Waals surface area (Å²) in [5.74, 6) is -0.526. The highest BCUT2D eigenvalue weighted by Crippen LogP contribution is 2.26. The van der Waals surface area contributed by atoms with Crippen molar-refractivity contribution in [2.45, 2.75) is 25.9 Å². The molecular weight excluding hydrogens is 353 g/mol. The molecule has 0 atom stereocenters. The second-order valence-electron chi connectivity index (χ2n) is 5.85. The number of carboxylic acid groups (broad SMARTS) is 1. The van der Waals surface area contributed by atoms with E-state index in [9.17, 15) is 14.0 Å². The van der Waals surface area contributed by atoms with Gasteiger partial charge in [0.15, 0.2) is 0 Å². The van der Waals surface area contributed by atoms with Crippen LogP contribution in [0.1, 0.15) is 24.0 Å². The number of methoxy groups -OCH3 is 1. The first kappa shape index (κ1) is 20.2. The molecule has 6 nitrogen and oxygen atoms in total. The molecule has 0 unspecified atom stereocenters. The molecule has 2 aromatic rings. The Labute approximate surface area is 156 Å². The Morgan fingerprint density at radius 1 is 1.11 bits per heavy atom. The molecule has 0 bridgehead atoms. The van der Waals surface area contributed by atoms with Gasteiger partial charge in [0.2, 0.25) is 5.91 Å². The number of hydrogen-bond donors (Lipinski definition) is 2. The quantitative estimate of drug-likeness (QED) is 0.667. The summed E-state index contributed by atoms with van der Waals surface area (Å²) in [6, 6.07) is 11.7. The zero-order chi connectivity index (χ0) is 19.6. The monoisotopic (exact) mass is 375 g/mol. The fourth-order valence-corrected chi connectivity index (χ4v) is 2.42. The third-order valence-electron chi connectivity index (χ3n) is 3.90. The number of benzene rings is 2. The van der Waals surface area contributed by atoms with Crippen LogP contribution in [0.5, 0.6) is 11.5 Å². The van der Waals surface area contributed by atoms with Crippen LogP contribution in [0.25, 0.3) is 0 Å². The van der Waals surface area contributed by atoms with Crippen molar-refractivity contribution in [3.05, 3.63) is 59.4 Å². The van der Waals surface area contributed by atoms with Crippen LogP contribution in [-0.4, -0.2) is 30.6 Å². The summed E-state index contributed by atoms with van der Waals surface area (Å²) in [5, 5.41) is 11.3. The summed E-state index contributed by atoms with van der Waals surface area (Å²) in [6.07, 6.45) is 0.218. The molecule has 1 amide bonds. The number of carboxylic acids is 1. The highest BCUT2D eigenvalue weighted by molar-refractivity contribution is 5.80. The van der Waals surface area contributed by atoms with Gasteiger partial charge < -0.3 is 19.9 Å². The lowest BCUT2D eigenvalue weighted by Gasteiger charge is -2.14. The van der Waals surface area contributed by atoms with Crippen LogP contribution in [0.15, 0.2) is 42.5 Å². The highest BCUT2D eigenvalue weighted by atomic mass is 19.1. The van der Waals surface area contributed by atoms with Crippen LogP contribution in [0.3, 0.4) is 0 Å². The van der Waals surface area contributed by atoms with Crippen molar-refractivity contribution >= 4 is 11.9 Å². The molecule has 0 aliphatic heterocycles. The van der Waals surface area contributed by atoms with Crippen LogP contribution in [0, 0.1) is 5.82 Å². The molecule has 144 valence electrons. The molecular formula is C20H22FNO5. The molecule has 0 spiro atoms. The molecule has 27 heavy (non-hydrogen) atoms. The van der Waals surface area contributed by atoms with Gasteiger partial charge >= 0.3 is 5.97 Å². The number of halogens is 1. The minimum absolute atomic E-state index is 0.0609. The van der Waals surface area contributed by atoms with Gasteiger partial charge in [0, 0.05) is 24.6 Å². The van der Waals surface area contributed by atoms with Gasteiger partial charge in [-0.15, -0.1) is 0 Å². The van der Waals surface area contributed by atoms with Crippen molar-refractivity contribution in [3.63, 3.8) is 0 Å². The predicted molar refractivity (Wildman–Crippen MR) is 97.3 cm³/mol. The fraction of sp³-hybridized carbons (Fsp3) is 0.300. The van der Waals surface area contributed by atoms with E-state index < -0.39 is 5.97 Å². The Balaban J connectivity index is 1.98. The van der Waals surface area contributed by atoms with Crippen molar-refractivity contribution in [1.82, 2.24) is 5.32 Å². The highest BCUT2D eigenvalue weighted by Gasteiger charge is 2.10. The molecule has 2 N–H and O–H groups in total. The lowest BCUT2D eigenvalue weighted by atomic mass is 10.1. The maximum atomic E-state index is 13.8. The molecule has 0 radical (unpaired) electrons. The van der Waals surface area contributed by atoms with Crippen molar-refractivity contribution in [2.75, 3.05) is 13.7 Å². The van der Waals surface area contributed by atoms with Gasteiger partial charge in [0.05, 0.1) is 13.5 Å². The molecule has 2 rings (SSSR count). The Morgan fingerprint density at radius 2 is 1.89 bits per heavy atom. The van der Waals surface area contributed by atoms with Gasteiger partial charge in [-0.25, -0.2) is 4.39 Å². The number of ether oxygens (including phenoxy) is 2. The smallest absolute Gasteiger partial charge is 0.303 e. The van der Waals surface area contributed by atoms with Gasteiger partial charge in [-0.05, 0) is 24.1 Å². The third-order valence-corrected chi connectivity index (χ3v) is 3.90. The van der Waals surface area contributed by atoms with E-state index in [-0.39, 0.29) is 31.2 Å². The predicted octanol–water partition coefficient (Wildman–Crippen LogP) is 2.94. The summed E-state index contributed by atoms with van der Waals surface area (Å²) in [7, 11) is 1.54. The van der Waals surface area contributed by atoms with E-state index >= 15 is 0 Å². The van der Waals surface area contributed by atoms with E-state index in [1.165, 1.54) is 6.07 Å². The van der Waals surface area contributed by atoms with E-state index in [1.807, 2.05) is 6.07 Å². The van der Waals surface area contributed by atoms with Gasteiger partial charge in [-0.2, -0.15) is 0 Å². The Hall–Kier alpha value is -3.09. The minimum atomic E-state index is -1.01. The van der Waals surface area contributed by atoms with E-state index in [0.717, 1.165) is 5.56 Å². The second-order valence-corrected chi connectivity index (χ2v) is 5.85. The molecule has 0 aromatic heterocycles. The van der Waals surface area contributed by atoms with E-state index in [1.54, 1.807) is 37.4 Å². The fourth-order valence-electron chi connectivity index (χ4n) is 2.42. The molecule has 0 saturated carbocycles. The number of carbonyl (C=O) groups is 2. The molecule has 0 aliphatic carbocycles. The van der Waals surface area contributed by atoms with Crippen LogP contribution >= 0.6 is 0 Å². The Bertz CT molecular complexity index is 794. The SMILES string of the molecule is COc1ccc(CCNC(=O)CCC(=O)O)c(OCc2ccccc2F)c1. The largest absolute Gasteiger partial charge is 0.497 e. The van der Waals surface area contributed by atoms with Crippen molar-refractivity contribution in [2.24, 2.45) is 0 Å². The van der Waals surface area contributed by atoms with Crippen LogP contribution < -0.4 is 14.8 Å². The third kappa shape index (κ3) is 6.62. The Kier molecular flexibility index (Phi) is 7.61. The molecule has 0 heterocycles. The first-order chi connectivity index (χ1) is 13.0. The second kappa shape index (κ2) is 10.2. The molecule has 7 heteroatoms. The minimum Gasteiger partial charge on any atom is -0.497 e. The van der Waals surface area contributed by atoms with E-state index in [4.69, 9.17) is 14.6 Å². The van der Waals surface area contributed by atoms with E-state index in [0.29, 0.717) is 30.0 Å². The lowest BCUT2D eigenvalue weighted by molar-refractivity contribution is -0.138. The number of carbonyl (C=O) groups excluding carboxylic acids is 1. The average molecular weight is 375 g/mol. The van der Waals surface area contributed by atoms with Gasteiger partial charge in [-0.1, -0.05) is 24.3 Å². The van der Waals surface area contributed by atoms with Crippen LogP contribution in [0.2, 0.25) is 0 Å². The number of nitrogens with one attached hydrogen (secondary N) is 1. The molecule has 0 aliphatic rings. The first-order valence-electron chi connectivity index (χ1n) is 8.51.